The molecule has 0 atom stereocenters. The number of carbonyl (C=O) groups is 1. The molecule has 1 aliphatic rings. The number of benzene rings is 2. The molecule has 2 aromatic rings. The van der Waals surface area contributed by atoms with E-state index in [1.807, 2.05) is 12.1 Å². The molecular weight excluding hydrogens is 408 g/mol. The molecule has 0 spiro atoms. The fourth-order valence-corrected chi connectivity index (χ4v) is 4.31. The Morgan fingerprint density at radius 1 is 1.12 bits per heavy atom. The smallest absolute Gasteiger partial charge is 0.343 e. The van der Waals surface area contributed by atoms with Gasteiger partial charge in [0, 0.05) is 12.1 Å². The number of nitrogens with zero attached hydrogens (tertiary/aromatic N) is 1. The van der Waals surface area contributed by atoms with E-state index in [4.69, 9.17) is 10.00 Å². The standard InChI is InChI=1S/C27H29F2NO2/c1-2-5-19-8-10-20(11-9-19)6-3-4-7-21-12-14-22(15-13-21)27(31)32-23-16-25(28)24(18-30)26(29)17-23/h3,6,12-17,19-20H,2,4-5,7-11H2,1H3/b6-3+. The van der Waals surface area contributed by atoms with E-state index in [0.29, 0.717) is 11.5 Å². The second kappa shape index (κ2) is 11.6. The maximum Gasteiger partial charge on any atom is 0.343 e. The number of esters is 1. The van der Waals surface area contributed by atoms with Crippen LogP contribution in [0, 0.1) is 34.8 Å². The predicted octanol–water partition coefficient (Wildman–Crippen LogP) is 7.15. The second-order valence-electron chi connectivity index (χ2n) is 8.50. The highest BCUT2D eigenvalue weighted by atomic mass is 19.1. The molecule has 1 fully saturated rings. The number of allylic oxidation sites excluding steroid dienone is 2. The average Bonchev–Trinajstić information content (AvgIpc) is 2.78. The number of hydrogen-bond acceptors (Lipinski definition) is 3. The van der Waals surface area contributed by atoms with Gasteiger partial charge in [-0.25, -0.2) is 13.6 Å². The van der Waals surface area contributed by atoms with Crippen molar-refractivity contribution in [3.63, 3.8) is 0 Å². The third-order valence-electron chi connectivity index (χ3n) is 6.12. The molecule has 3 rings (SSSR count). The van der Waals surface area contributed by atoms with E-state index in [0.717, 1.165) is 36.5 Å². The number of halogens is 2. The zero-order valence-electron chi connectivity index (χ0n) is 18.4. The second-order valence-corrected chi connectivity index (χ2v) is 8.50. The fourth-order valence-electron chi connectivity index (χ4n) is 4.31. The minimum absolute atomic E-state index is 0.276. The van der Waals surface area contributed by atoms with Gasteiger partial charge < -0.3 is 4.74 Å². The zero-order chi connectivity index (χ0) is 22.9. The molecule has 168 valence electrons. The van der Waals surface area contributed by atoms with Gasteiger partial charge in [0.05, 0.1) is 5.56 Å². The lowest BCUT2D eigenvalue weighted by molar-refractivity contribution is 0.0734. The Kier molecular flexibility index (Phi) is 8.56. The molecule has 0 N–H and O–H groups in total. The predicted molar refractivity (Wildman–Crippen MR) is 120 cm³/mol. The van der Waals surface area contributed by atoms with Crippen LogP contribution in [-0.2, 0) is 6.42 Å². The lowest BCUT2D eigenvalue weighted by Crippen LogP contribution is -2.12. The van der Waals surface area contributed by atoms with Gasteiger partial charge in [0.1, 0.15) is 29.0 Å². The largest absolute Gasteiger partial charge is 0.423 e. The summed E-state index contributed by atoms with van der Waals surface area (Å²) in [5, 5.41) is 8.71. The minimum Gasteiger partial charge on any atom is -0.423 e. The van der Waals surface area contributed by atoms with Crippen LogP contribution in [0.5, 0.6) is 5.75 Å². The van der Waals surface area contributed by atoms with Crippen LogP contribution in [0.15, 0.2) is 48.6 Å². The number of carbonyl (C=O) groups excluding carboxylic acids is 1. The van der Waals surface area contributed by atoms with E-state index >= 15 is 0 Å². The van der Waals surface area contributed by atoms with Crippen LogP contribution in [-0.4, -0.2) is 5.97 Å². The topological polar surface area (TPSA) is 50.1 Å². The average molecular weight is 438 g/mol. The Morgan fingerprint density at radius 2 is 1.78 bits per heavy atom. The van der Waals surface area contributed by atoms with Crippen LogP contribution in [0.3, 0.4) is 0 Å². The van der Waals surface area contributed by atoms with Crippen LogP contribution >= 0.6 is 0 Å². The Labute approximate surface area is 188 Å². The number of rotatable bonds is 8. The third kappa shape index (κ3) is 6.50. The first kappa shape index (κ1) is 23.7. The lowest BCUT2D eigenvalue weighted by Gasteiger charge is -2.26. The van der Waals surface area contributed by atoms with Crippen molar-refractivity contribution in [3.8, 4) is 11.8 Å². The molecule has 1 aliphatic carbocycles. The van der Waals surface area contributed by atoms with E-state index in [1.165, 1.54) is 44.6 Å². The Hall–Kier alpha value is -3.00. The highest BCUT2D eigenvalue weighted by Gasteiger charge is 2.18. The van der Waals surface area contributed by atoms with Crippen molar-refractivity contribution >= 4 is 5.97 Å². The molecule has 0 bridgehead atoms. The summed E-state index contributed by atoms with van der Waals surface area (Å²) < 4.78 is 32.4. The summed E-state index contributed by atoms with van der Waals surface area (Å²) in [6, 6.07) is 10.1. The van der Waals surface area contributed by atoms with Crippen molar-refractivity contribution in [2.45, 2.75) is 58.3 Å². The normalized spacial score (nSPS) is 18.4. The number of aryl methyl sites for hydroxylation is 1. The van der Waals surface area contributed by atoms with Crippen molar-refractivity contribution in [2.75, 3.05) is 0 Å². The summed E-state index contributed by atoms with van der Waals surface area (Å²) >= 11 is 0. The molecule has 0 radical (unpaired) electrons. The minimum atomic E-state index is -1.06. The number of hydrogen-bond donors (Lipinski definition) is 0. The van der Waals surface area contributed by atoms with Gasteiger partial charge >= 0.3 is 5.97 Å². The van der Waals surface area contributed by atoms with Crippen molar-refractivity contribution in [1.29, 1.82) is 5.26 Å². The molecule has 0 amide bonds. The summed E-state index contributed by atoms with van der Waals surface area (Å²) in [5.74, 6) is -1.48. The summed E-state index contributed by atoms with van der Waals surface area (Å²) in [4.78, 5) is 12.3. The van der Waals surface area contributed by atoms with Crippen molar-refractivity contribution in [2.24, 2.45) is 11.8 Å². The van der Waals surface area contributed by atoms with E-state index < -0.39 is 23.2 Å². The van der Waals surface area contributed by atoms with Gasteiger partial charge in [-0.3, -0.25) is 0 Å². The van der Waals surface area contributed by atoms with Crippen molar-refractivity contribution < 1.29 is 18.3 Å². The van der Waals surface area contributed by atoms with Gasteiger partial charge in [-0.15, -0.1) is 0 Å². The quantitative estimate of drug-likeness (QED) is 0.250. The Balaban J connectivity index is 1.47. The SMILES string of the molecule is CCCC1CCC(/C=C/CCc2ccc(C(=O)Oc3cc(F)c(C#N)c(F)c3)cc2)CC1. The molecule has 0 heterocycles. The van der Waals surface area contributed by atoms with E-state index in [-0.39, 0.29) is 5.75 Å². The van der Waals surface area contributed by atoms with Crippen molar-refractivity contribution in [1.82, 2.24) is 0 Å². The summed E-state index contributed by atoms with van der Waals surface area (Å²) in [6.45, 7) is 2.26. The van der Waals surface area contributed by atoms with Crippen LogP contribution in [0.25, 0.3) is 0 Å². The Morgan fingerprint density at radius 3 is 2.38 bits per heavy atom. The van der Waals surface area contributed by atoms with Gasteiger partial charge in [0.2, 0.25) is 0 Å². The first-order chi connectivity index (χ1) is 15.5. The third-order valence-corrected chi connectivity index (χ3v) is 6.12. The first-order valence-electron chi connectivity index (χ1n) is 11.4. The highest BCUT2D eigenvalue weighted by Crippen LogP contribution is 2.32. The van der Waals surface area contributed by atoms with Gasteiger partial charge in [-0.1, -0.05) is 44.1 Å². The maximum atomic E-state index is 13.7. The molecule has 0 saturated heterocycles. The van der Waals surface area contributed by atoms with Gasteiger partial charge in [0.25, 0.3) is 0 Å². The molecule has 3 nitrogen and oxygen atoms in total. The van der Waals surface area contributed by atoms with Gasteiger partial charge in [-0.2, -0.15) is 5.26 Å². The highest BCUT2D eigenvalue weighted by molar-refractivity contribution is 5.91. The maximum absolute atomic E-state index is 13.7. The summed E-state index contributed by atoms with van der Waals surface area (Å²) in [7, 11) is 0. The summed E-state index contributed by atoms with van der Waals surface area (Å²) in [5.41, 5.74) is 0.694. The van der Waals surface area contributed by atoms with E-state index in [1.54, 1.807) is 12.1 Å². The van der Waals surface area contributed by atoms with Crippen LogP contribution in [0.4, 0.5) is 8.78 Å². The van der Waals surface area contributed by atoms with Crippen LogP contribution in [0.1, 0.15) is 73.4 Å². The van der Waals surface area contributed by atoms with E-state index in [9.17, 15) is 13.6 Å². The molecular formula is C27H29F2NO2. The lowest BCUT2D eigenvalue weighted by atomic mass is 9.80. The fraction of sp³-hybridized carbons (Fsp3) is 0.407. The summed E-state index contributed by atoms with van der Waals surface area (Å²) in [6.07, 6.45) is 14.4. The van der Waals surface area contributed by atoms with Gasteiger partial charge in [0.15, 0.2) is 0 Å². The number of nitriles is 1. The number of ether oxygens (including phenoxy) is 1. The van der Waals surface area contributed by atoms with Crippen LogP contribution < -0.4 is 4.74 Å². The molecule has 0 aliphatic heterocycles. The van der Waals surface area contributed by atoms with Crippen LogP contribution in [0.2, 0.25) is 0 Å². The molecule has 1 saturated carbocycles. The van der Waals surface area contributed by atoms with E-state index in [2.05, 4.69) is 19.1 Å². The molecule has 2 aromatic carbocycles. The molecule has 0 aromatic heterocycles. The molecule has 0 unspecified atom stereocenters. The zero-order valence-corrected chi connectivity index (χ0v) is 18.4. The molecule has 5 heteroatoms. The first-order valence-corrected chi connectivity index (χ1v) is 11.4. The monoisotopic (exact) mass is 437 g/mol. The van der Waals surface area contributed by atoms with Crippen molar-refractivity contribution in [3.05, 3.63) is 76.9 Å². The Bertz CT molecular complexity index is 961. The van der Waals surface area contributed by atoms with Gasteiger partial charge in [-0.05, 0) is 68.1 Å². The molecule has 32 heavy (non-hydrogen) atoms.